The third-order valence-corrected chi connectivity index (χ3v) is 4.61. The topological polar surface area (TPSA) is 29.1 Å². The lowest BCUT2D eigenvalue weighted by Gasteiger charge is -2.19. The summed E-state index contributed by atoms with van der Waals surface area (Å²) in [5.41, 5.74) is 5.92. The second-order valence-electron chi connectivity index (χ2n) is 6.24. The number of carbonyl (C=O) groups excluding carboxylic acids is 1. The van der Waals surface area contributed by atoms with Crippen molar-refractivity contribution in [2.24, 2.45) is 0 Å². The number of hydrogen-bond acceptors (Lipinski definition) is 1. The Hall–Kier alpha value is -2.09. The molecule has 2 aromatic carbocycles. The van der Waals surface area contributed by atoms with Gasteiger partial charge in [0.05, 0.1) is 6.04 Å². The molecule has 1 aliphatic rings. The summed E-state index contributed by atoms with van der Waals surface area (Å²) in [7, 11) is 0. The normalized spacial score (nSPS) is 15.0. The van der Waals surface area contributed by atoms with Crippen LogP contribution in [0, 0.1) is 6.92 Å². The summed E-state index contributed by atoms with van der Waals surface area (Å²) in [6.07, 6.45) is 4.75. The van der Waals surface area contributed by atoms with Gasteiger partial charge in [-0.15, -0.1) is 0 Å². The fraction of sp³-hybridized carbons (Fsp3) is 0.350. The van der Waals surface area contributed by atoms with Crippen molar-refractivity contribution in [3.8, 4) is 0 Å². The number of hydrogen-bond donors (Lipinski definition) is 1. The molecule has 1 amide bonds. The second-order valence-corrected chi connectivity index (χ2v) is 6.24. The Morgan fingerprint density at radius 1 is 1.05 bits per heavy atom. The molecule has 3 rings (SSSR count). The van der Waals surface area contributed by atoms with E-state index in [2.05, 4.69) is 36.5 Å². The van der Waals surface area contributed by atoms with Crippen LogP contribution in [0.4, 0.5) is 0 Å². The van der Waals surface area contributed by atoms with Gasteiger partial charge < -0.3 is 5.32 Å². The summed E-state index contributed by atoms with van der Waals surface area (Å²) in [4.78, 5) is 12.5. The molecule has 1 aliphatic carbocycles. The van der Waals surface area contributed by atoms with Gasteiger partial charge in [-0.3, -0.25) is 4.79 Å². The number of amides is 1. The molecular weight excluding hydrogens is 270 g/mol. The molecule has 0 bridgehead atoms. The fourth-order valence-corrected chi connectivity index (χ4v) is 3.31. The standard InChI is InChI=1S/C20H23NO/c1-14-7-3-6-10-19(14)15(2)21-20(22)18-12-11-16-8-4-5-9-17(16)13-18/h3,6-7,10-13,15H,4-5,8-9H2,1-2H3,(H,21,22)/t15-/m1/s1. The van der Waals surface area contributed by atoms with E-state index in [0.717, 1.165) is 18.4 Å². The van der Waals surface area contributed by atoms with Crippen LogP contribution >= 0.6 is 0 Å². The van der Waals surface area contributed by atoms with Crippen LogP contribution in [0.1, 0.15) is 58.4 Å². The Bertz CT molecular complexity index is 690. The second kappa shape index (κ2) is 6.35. The van der Waals surface area contributed by atoms with Crippen molar-refractivity contribution >= 4 is 5.91 Å². The molecule has 1 N–H and O–H groups in total. The zero-order chi connectivity index (χ0) is 15.5. The van der Waals surface area contributed by atoms with Crippen molar-refractivity contribution in [2.45, 2.75) is 45.6 Å². The summed E-state index contributed by atoms with van der Waals surface area (Å²) in [5.74, 6) is 0.0177. The number of rotatable bonds is 3. The molecule has 0 heterocycles. The zero-order valence-electron chi connectivity index (χ0n) is 13.4. The van der Waals surface area contributed by atoms with E-state index >= 15 is 0 Å². The molecule has 0 saturated heterocycles. The molecule has 0 spiro atoms. The van der Waals surface area contributed by atoms with Gasteiger partial charge in [0.15, 0.2) is 0 Å². The largest absolute Gasteiger partial charge is 0.346 e. The molecule has 0 saturated carbocycles. The van der Waals surface area contributed by atoms with Crippen molar-refractivity contribution in [3.05, 3.63) is 70.3 Å². The summed E-state index contributed by atoms with van der Waals surface area (Å²) in [6, 6.07) is 14.4. The van der Waals surface area contributed by atoms with Crippen molar-refractivity contribution < 1.29 is 4.79 Å². The minimum Gasteiger partial charge on any atom is -0.346 e. The first-order valence-corrected chi connectivity index (χ1v) is 8.13. The summed E-state index contributed by atoms with van der Waals surface area (Å²) >= 11 is 0. The van der Waals surface area contributed by atoms with E-state index in [9.17, 15) is 4.79 Å². The van der Waals surface area contributed by atoms with Crippen LogP contribution in [0.15, 0.2) is 42.5 Å². The van der Waals surface area contributed by atoms with E-state index in [-0.39, 0.29) is 11.9 Å². The van der Waals surface area contributed by atoms with Crippen molar-refractivity contribution in [2.75, 3.05) is 0 Å². The maximum absolute atomic E-state index is 12.5. The van der Waals surface area contributed by atoms with E-state index in [1.54, 1.807) is 0 Å². The number of aryl methyl sites for hydroxylation is 3. The molecule has 0 unspecified atom stereocenters. The van der Waals surface area contributed by atoms with E-state index < -0.39 is 0 Å². The number of fused-ring (bicyclic) bond motifs is 1. The van der Waals surface area contributed by atoms with Gasteiger partial charge in [-0.1, -0.05) is 30.3 Å². The number of benzene rings is 2. The van der Waals surface area contributed by atoms with E-state index in [4.69, 9.17) is 0 Å². The minimum absolute atomic E-state index is 0.0177. The molecule has 22 heavy (non-hydrogen) atoms. The van der Waals surface area contributed by atoms with Crippen molar-refractivity contribution in [3.63, 3.8) is 0 Å². The highest BCUT2D eigenvalue weighted by atomic mass is 16.1. The highest BCUT2D eigenvalue weighted by Crippen LogP contribution is 2.23. The van der Waals surface area contributed by atoms with Gasteiger partial charge in [-0.2, -0.15) is 0 Å². The summed E-state index contributed by atoms with van der Waals surface area (Å²) < 4.78 is 0. The average Bonchev–Trinajstić information content (AvgIpc) is 2.54. The molecular formula is C20H23NO. The molecule has 0 fully saturated rings. The fourth-order valence-electron chi connectivity index (χ4n) is 3.31. The Morgan fingerprint density at radius 3 is 2.55 bits per heavy atom. The first kappa shape index (κ1) is 14.8. The van der Waals surface area contributed by atoms with Crippen molar-refractivity contribution in [1.29, 1.82) is 0 Å². The smallest absolute Gasteiger partial charge is 0.251 e. The van der Waals surface area contributed by atoms with Crippen LogP contribution in [0.25, 0.3) is 0 Å². The first-order chi connectivity index (χ1) is 10.6. The predicted molar refractivity (Wildman–Crippen MR) is 90.1 cm³/mol. The quantitative estimate of drug-likeness (QED) is 0.894. The zero-order valence-corrected chi connectivity index (χ0v) is 13.4. The number of carbonyl (C=O) groups is 1. The van der Waals surface area contributed by atoms with Gasteiger partial charge >= 0.3 is 0 Å². The van der Waals surface area contributed by atoms with Crippen LogP contribution in [0.3, 0.4) is 0 Å². The monoisotopic (exact) mass is 293 g/mol. The first-order valence-electron chi connectivity index (χ1n) is 8.13. The molecule has 1 atom stereocenters. The average molecular weight is 293 g/mol. The van der Waals surface area contributed by atoms with E-state index in [1.165, 1.54) is 35.1 Å². The molecule has 0 radical (unpaired) electrons. The molecule has 0 aliphatic heterocycles. The van der Waals surface area contributed by atoms with E-state index in [0.29, 0.717) is 0 Å². The molecule has 2 heteroatoms. The predicted octanol–water partition coefficient (Wildman–Crippen LogP) is 4.36. The lowest BCUT2D eigenvalue weighted by molar-refractivity contribution is 0.0939. The van der Waals surface area contributed by atoms with Gasteiger partial charge in [0, 0.05) is 5.56 Å². The minimum atomic E-state index is 0.0177. The highest BCUT2D eigenvalue weighted by molar-refractivity contribution is 5.94. The lowest BCUT2D eigenvalue weighted by atomic mass is 9.90. The molecule has 2 nitrogen and oxygen atoms in total. The van der Waals surface area contributed by atoms with Gasteiger partial charge in [0.1, 0.15) is 0 Å². The van der Waals surface area contributed by atoms with Crippen LogP contribution in [0.5, 0.6) is 0 Å². The summed E-state index contributed by atoms with van der Waals surface area (Å²) in [6.45, 7) is 4.12. The van der Waals surface area contributed by atoms with Crippen LogP contribution in [0.2, 0.25) is 0 Å². The van der Waals surface area contributed by atoms with Crippen LogP contribution in [-0.4, -0.2) is 5.91 Å². The Kier molecular flexibility index (Phi) is 4.28. The van der Waals surface area contributed by atoms with Gasteiger partial charge in [-0.05, 0) is 73.9 Å². The van der Waals surface area contributed by atoms with Gasteiger partial charge in [0.25, 0.3) is 5.91 Å². The number of nitrogens with one attached hydrogen (secondary N) is 1. The molecule has 114 valence electrons. The third-order valence-electron chi connectivity index (χ3n) is 4.61. The maximum Gasteiger partial charge on any atom is 0.251 e. The highest BCUT2D eigenvalue weighted by Gasteiger charge is 2.15. The van der Waals surface area contributed by atoms with Crippen LogP contribution in [-0.2, 0) is 12.8 Å². The van der Waals surface area contributed by atoms with Crippen LogP contribution < -0.4 is 5.32 Å². The maximum atomic E-state index is 12.5. The van der Waals surface area contributed by atoms with Crippen molar-refractivity contribution in [1.82, 2.24) is 5.32 Å². The van der Waals surface area contributed by atoms with E-state index in [1.807, 2.05) is 25.1 Å². The molecule has 0 aromatic heterocycles. The van der Waals surface area contributed by atoms with Gasteiger partial charge in [-0.25, -0.2) is 0 Å². The third kappa shape index (κ3) is 3.06. The Labute approximate surface area is 132 Å². The SMILES string of the molecule is Cc1ccccc1[C@@H](C)NC(=O)c1ccc2c(c1)CCCC2. The lowest BCUT2D eigenvalue weighted by Crippen LogP contribution is -2.27. The summed E-state index contributed by atoms with van der Waals surface area (Å²) in [5, 5.41) is 3.12. The van der Waals surface area contributed by atoms with Gasteiger partial charge in [0.2, 0.25) is 0 Å². The Morgan fingerprint density at radius 2 is 1.77 bits per heavy atom. The Balaban J connectivity index is 1.76. The molecule has 2 aromatic rings.